The second-order valence-corrected chi connectivity index (χ2v) is 7.04. The Morgan fingerprint density at radius 3 is 2.48 bits per heavy atom. The van der Waals surface area contributed by atoms with Crippen LogP contribution in [0.5, 0.6) is 5.75 Å². The lowest BCUT2D eigenvalue weighted by atomic mass is 9.71. The second-order valence-electron chi connectivity index (χ2n) is 7.04. The molecule has 1 aromatic carbocycles. The third-order valence-electron chi connectivity index (χ3n) is 5.58. The Balaban J connectivity index is 1.57. The molecule has 0 radical (unpaired) electrons. The summed E-state index contributed by atoms with van der Waals surface area (Å²) in [6, 6.07) is 7.07. The number of benzene rings is 1. The maximum absolute atomic E-state index is 5.57. The Morgan fingerprint density at radius 2 is 1.86 bits per heavy atom. The fraction of sp³-hybridized carbons (Fsp3) is 0.684. The smallest absolute Gasteiger partial charge is 0.119 e. The maximum atomic E-state index is 5.57. The van der Waals surface area contributed by atoms with E-state index in [0.29, 0.717) is 6.04 Å². The van der Waals surface area contributed by atoms with E-state index in [0.717, 1.165) is 17.8 Å². The summed E-state index contributed by atoms with van der Waals surface area (Å²) in [6.45, 7) is 4.94. The minimum atomic E-state index is 0.660. The fourth-order valence-electron chi connectivity index (χ4n) is 4.27. The van der Waals surface area contributed by atoms with Gasteiger partial charge in [-0.2, -0.15) is 0 Å². The predicted octanol–water partition coefficient (Wildman–Crippen LogP) is 5.31. The highest BCUT2D eigenvalue weighted by atomic mass is 16.5. The SMILES string of the molecule is CCOc1ccc(NC2CCC3(CCCC3)CC2)c(C)c1. The third-order valence-corrected chi connectivity index (χ3v) is 5.58. The summed E-state index contributed by atoms with van der Waals surface area (Å²) in [7, 11) is 0. The van der Waals surface area contributed by atoms with Crippen molar-refractivity contribution in [3.8, 4) is 5.75 Å². The van der Waals surface area contributed by atoms with Crippen molar-refractivity contribution in [1.29, 1.82) is 0 Å². The molecule has 2 heteroatoms. The van der Waals surface area contributed by atoms with Crippen LogP contribution in [0.3, 0.4) is 0 Å². The van der Waals surface area contributed by atoms with Crippen molar-refractivity contribution in [1.82, 2.24) is 0 Å². The minimum absolute atomic E-state index is 0.660. The van der Waals surface area contributed by atoms with E-state index in [1.165, 1.54) is 62.6 Å². The van der Waals surface area contributed by atoms with Gasteiger partial charge in [0, 0.05) is 11.7 Å². The lowest BCUT2D eigenvalue weighted by molar-refractivity contribution is 0.188. The summed E-state index contributed by atoms with van der Waals surface area (Å²) in [4.78, 5) is 0. The molecule has 0 saturated heterocycles. The van der Waals surface area contributed by atoms with Gasteiger partial charge in [-0.1, -0.05) is 12.8 Å². The Bertz CT molecular complexity index is 466. The molecule has 2 nitrogen and oxygen atoms in total. The van der Waals surface area contributed by atoms with E-state index in [4.69, 9.17) is 4.74 Å². The fourth-order valence-corrected chi connectivity index (χ4v) is 4.27. The van der Waals surface area contributed by atoms with E-state index in [9.17, 15) is 0 Å². The molecule has 2 aliphatic carbocycles. The monoisotopic (exact) mass is 287 g/mol. The zero-order valence-electron chi connectivity index (χ0n) is 13.6. The summed E-state index contributed by atoms with van der Waals surface area (Å²) in [5, 5.41) is 3.77. The number of ether oxygens (including phenoxy) is 1. The number of rotatable bonds is 4. The lowest BCUT2D eigenvalue weighted by Gasteiger charge is -2.38. The molecule has 0 amide bonds. The topological polar surface area (TPSA) is 21.3 Å². The van der Waals surface area contributed by atoms with E-state index in [2.05, 4.69) is 30.4 Å². The van der Waals surface area contributed by atoms with Gasteiger partial charge >= 0.3 is 0 Å². The van der Waals surface area contributed by atoms with Crippen LogP contribution >= 0.6 is 0 Å². The average Bonchev–Trinajstić information content (AvgIpc) is 2.93. The Morgan fingerprint density at radius 1 is 1.14 bits per heavy atom. The van der Waals surface area contributed by atoms with E-state index in [1.807, 2.05) is 6.92 Å². The Labute approximate surface area is 129 Å². The number of aryl methyl sites for hydroxylation is 1. The highest BCUT2D eigenvalue weighted by molar-refractivity contribution is 5.54. The zero-order valence-corrected chi connectivity index (χ0v) is 13.6. The van der Waals surface area contributed by atoms with E-state index in [-0.39, 0.29) is 0 Å². The predicted molar refractivity (Wildman–Crippen MR) is 89.1 cm³/mol. The van der Waals surface area contributed by atoms with Crippen LogP contribution in [0.25, 0.3) is 0 Å². The summed E-state index contributed by atoms with van der Waals surface area (Å²) in [5.41, 5.74) is 3.31. The highest BCUT2D eigenvalue weighted by Gasteiger charge is 2.37. The number of nitrogens with one attached hydrogen (secondary N) is 1. The summed E-state index contributed by atoms with van der Waals surface area (Å²) < 4.78 is 5.57. The highest BCUT2D eigenvalue weighted by Crippen LogP contribution is 2.49. The van der Waals surface area contributed by atoms with Crippen molar-refractivity contribution in [2.75, 3.05) is 11.9 Å². The standard InChI is InChI=1S/C19H29NO/c1-3-21-17-6-7-18(15(2)14-17)20-16-8-12-19(13-9-16)10-4-5-11-19/h6-7,14,16,20H,3-5,8-13H2,1-2H3. The molecule has 0 unspecified atom stereocenters. The molecular weight excluding hydrogens is 258 g/mol. The maximum Gasteiger partial charge on any atom is 0.119 e. The van der Waals surface area contributed by atoms with Gasteiger partial charge in [-0.15, -0.1) is 0 Å². The molecule has 0 heterocycles. The molecule has 1 aromatic rings. The van der Waals surface area contributed by atoms with Gasteiger partial charge in [-0.25, -0.2) is 0 Å². The summed E-state index contributed by atoms with van der Waals surface area (Å²) in [6.07, 6.45) is 11.5. The van der Waals surface area contributed by atoms with Gasteiger partial charge in [0.15, 0.2) is 0 Å². The molecule has 3 rings (SSSR count). The van der Waals surface area contributed by atoms with Crippen LogP contribution < -0.4 is 10.1 Å². The normalized spacial score (nSPS) is 21.6. The zero-order chi connectivity index (χ0) is 14.7. The van der Waals surface area contributed by atoms with Gasteiger partial charge in [-0.3, -0.25) is 0 Å². The molecule has 0 bridgehead atoms. The van der Waals surface area contributed by atoms with Gasteiger partial charge < -0.3 is 10.1 Å². The molecule has 2 fully saturated rings. The summed E-state index contributed by atoms with van der Waals surface area (Å²) >= 11 is 0. The van der Waals surface area contributed by atoms with Crippen molar-refractivity contribution in [3.05, 3.63) is 23.8 Å². The van der Waals surface area contributed by atoms with Crippen molar-refractivity contribution in [3.63, 3.8) is 0 Å². The second kappa shape index (κ2) is 6.29. The molecule has 21 heavy (non-hydrogen) atoms. The first-order chi connectivity index (χ1) is 10.2. The largest absolute Gasteiger partial charge is 0.494 e. The Hall–Kier alpha value is -1.18. The van der Waals surface area contributed by atoms with Gasteiger partial charge in [0.05, 0.1) is 6.61 Å². The van der Waals surface area contributed by atoms with Gasteiger partial charge in [0.25, 0.3) is 0 Å². The third kappa shape index (κ3) is 3.36. The van der Waals surface area contributed by atoms with Crippen LogP contribution in [0.4, 0.5) is 5.69 Å². The minimum Gasteiger partial charge on any atom is -0.494 e. The van der Waals surface area contributed by atoms with Crippen LogP contribution in [0, 0.1) is 12.3 Å². The molecule has 2 saturated carbocycles. The van der Waals surface area contributed by atoms with Crippen LogP contribution in [-0.4, -0.2) is 12.6 Å². The molecular formula is C19H29NO. The van der Waals surface area contributed by atoms with E-state index < -0.39 is 0 Å². The van der Waals surface area contributed by atoms with Gasteiger partial charge in [-0.05, 0) is 81.5 Å². The van der Waals surface area contributed by atoms with Crippen molar-refractivity contribution < 1.29 is 4.74 Å². The number of hydrogen-bond donors (Lipinski definition) is 1. The van der Waals surface area contributed by atoms with Crippen LogP contribution in [0.2, 0.25) is 0 Å². The van der Waals surface area contributed by atoms with E-state index >= 15 is 0 Å². The average molecular weight is 287 g/mol. The Kier molecular flexibility index (Phi) is 4.42. The van der Waals surface area contributed by atoms with Crippen molar-refractivity contribution in [2.24, 2.45) is 5.41 Å². The number of hydrogen-bond acceptors (Lipinski definition) is 2. The lowest BCUT2D eigenvalue weighted by Crippen LogP contribution is -2.31. The molecule has 2 aliphatic rings. The molecule has 1 spiro atoms. The molecule has 116 valence electrons. The van der Waals surface area contributed by atoms with Crippen molar-refractivity contribution in [2.45, 2.75) is 71.3 Å². The van der Waals surface area contributed by atoms with Crippen LogP contribution in [-0.2, 0) is 0 Å². The first-order valence-corrected chi connectivity index (χ1v) is 8.71. The van der Waals surface area contributed by atoms with Gasteiger partial charge in [0.1, 0.15) is 5.75 Å². The molecule has 1 N–H and O–H groups in total. The van der Waals surface area contributed by atoms with Crippen LogP contribution in [0.1, 0.15) is 63.9 Å². The molecule has 0 aliphatic heterocycles. The van der Waals surface area contributed by atoms with E-state index in [1.54, 1.807) is 0 Å². The quantitative estimate of drug-likeness (QED) is 0.810. The van der Waals surface area contributed by atoms with Gasteiger partial charge in [0.2, 0.25) is 0 Å². The molecule has 0 aromatic heterocycles. The first kappa shape index (κ1) is 14.7. The molecule has 0 atom stereocenters. The first-order valence-electron chi connectivity index (χ1n) is 8.71. The number of anilines is 1. The summed E-state index contributed by atoms with van der Waals surface area (Å²) in [5.74, 6) is 0.981. The van der Waals surface area contributed by atoms with Crippen molar-refractivity contribution >= 4 is 5.69 Å². The van der Waals surface area contributed by atoms with Crippen LogP contribution in [0.15, 0.2) is 18.2 Å².